The number of halogens is 2. The summed E-state index contributed by atoms with van der Waals surface area (Å²) in [6, 6.07) is 7.74. The van der Waals surface area contributed by atoms with Gasteiger partial charge in [0.15, 0.2) is 6.61 Å². The van der Waals surface area contributed by atoms with Crippen molar-refractivity contribution in [3.8, 4) is 5.75 Å². The summed E-state index contributed by atoms with van der Waals surface area (Å²) >= 11 is 3.37. The highest BCUT2D eigenvalue weighted by Gasteiger charge is 2.22. The second-order valence-electron chi connectivity index (χ2n) is 4.89. The van der Waals surface area contributed by atoms with Gasteiger partial charge in [-0.3, -0.25) is 4.79 Å². The van der Waals surface area contributed by atoms with E-state index < -0.39 is 0 Å². The van der Waals surface area contributed by atoms with Crippen LogP contribution in [0.15, 0.2) is 28.7 Å². The monoisotopic (exact) mass is 362 g/mol. The van der Waals surface area contributed by atoms with Crippen molar-refractivity contribution in [2.45, 2.75) is 19.4 Å². The van der Waals surface area contributed by atoms with Crippen LogP contribution in [-0.2, 0) is 4.79 Å². The van der Waals surface area contributed by atoms with E-state index in [1.807, 2.05) is 24.3 Å². The minimum atomic E-state index is -0.0567. The fourth-order valence-corrected chi connectivity index (χ4v) is 2.56. The van der Waals surface area contributed by atoms with Crippen LogP contribution < -0.4 is 15.4 Å². The van der Waals surface area contributed by atoms with Gasteiger partial charge in [0, 0.05) is 10.5 Å². The highest BCUT2D eigenvalue weighted by molar-refractivity contribution is 9.10. The Morgan fingerprint density at radius 1 is 1.55 bits per heavy atom. The largest absolute Gasteiger partial charge is 0.484 e. The highest BCUT2D eigenvalue weighted by atomic mass is 79.9. The fourth-order valence-electron chi connectivity index (χ4n) is 2.18. The van der Waals surface area contributed by atoms with Crippen LogP contribution >= 0.6 is 28.3 Å². The molecule has 112 valence electrons. The number of piperidine rings is 1. The Kier molecular flexibility index (Phi) is 7.34. The van der Waals surface area contributed by atoms with Crippen molar-refractivity contribution in [3.63, 3.8) is 0 Å². The molecular formula is C14H20BrClN2O2. The van der Waals surface area contributed by atoms with E-state index in [9.17, 15) is 4.79 Å². The van der Waals surface area contributed by atoms with E-state index in [1.54, 1.807) is 0 Å². The molecular weight excluding hydrogens is 344 g/mol. The average Bonchev–Trinajstić information content (AvgIpc) is 2.39. The maximum atomic E-state index is 11.8. The standard InChI is InChI=1S/C14H19BrN2O2.ClH/c1-10-8-16-6-5-13(10)17-14(18)9-19-12-4-2-3-11(15)7-12;/h2-4,7,10,13,16H,5-6,8-9H2,1H3,(H,17,18);1H. The van der Waals surface area contributed by atoms with E-state index in [1.165, 1.54) is 0 Å². The van der Waals surface area contributed by atoms with E-state index in [0.29, 0.717) is 11.7 Å². The first-order chi connectivity index (χ1) is 9.15. The van der Waals surface area contributed by atoms with Crippen LogP contribution in [0.3, 0.4) is 0 Å². The molecule has 1 fully saturated rings. The quantitative estimate of drug-likeness (QED) is 0.863. The van der Waals surface area contributed by atoms with Gasteiger partial charge in [-0.05, 0) is 43.6 Å². The van der Waals surface area contributed by atoms with Crippen molar-refractivity contribution in [2.24, 2.45) is 5.92 Å². The predicted octanol–water partition coefficient (Wildman–Crippen LogP) is 2.36. The van der Waals surface area contributed by atoms with Crippen molar-refractivity contribution < 1.29 is 9.53 Å². The summed E-state index contributed by atoms with van der Waals surface area (Å²) in [4.78, 5) is 11.8. The number of carbonyl (C=O) groups excluding carboxylic acids is 1. The number of hydrogen-bond acceptors (Lipinski definition) is 3. The molecule has 0 aromatic heterocycles. The number of amides is 1. The third-order valence-corrected chi connectivity index (χ3v) is 3.79. The molecule has 1 aromatic carbocycles. The van der Waals surface area contributed by atoms with E-state index in [-0.39, 0.29) is 31.0 Å². The molecule has 1 heterocycles. The lowest BCUT2D eigenvalue weighted by atomic mass is 9.95. The summed E-state index contributed by atoms with van der Waals surface area (Å²) in [6.07, 6.45) is 0.976. The van der Waals surface area contributed by atoms with Crippen LogP contribution in [0.5, 0.6) is 5.75 Å². The van der Waals surface area contributed by atoms with Gasteiger partial charge in [0.2, 0.25) is 0 Å². The number of rotatable bonds is 4. The summed E-state index contributed by atoms with van der Waals surface area (Å²) in [6.45, 7) is 4.12. The van der Waals surface area contributed by atoms with Crippen molar-refractivity contribution >= 4 is 34.2 Å². The maximum absolute atomic E-state index is 11.8. The Labute approximate surface area is 134 Å². The van der Waals surface area contributed by atoms with Crippen molar-refractivity contribution in [2.75, 3.05) is 19.7 Å². The fraction of sp³-hybridized carbons (Fsp3) is 0.500. The maximum Gasteiger partial charge on any atom is 0.258 e. The molecule has 0 radical (unpaired) electrons. The summed E-state index contributed by atoms with van der Waals surface area (Å²) in [7, 11) is 0. The molecule has 20 heavy (non-hydrogen) atoms. The second-order valence-corrected chi connectivity index (χ2v) is 5.81. The molecule has 2 atom stereocenters. The lowest BCUT2D eigenvalue weighted by Gasteiger charge is -2.30. The highest BCUT2D eigenvalue weighted by Crippen LogP contribution is 2.17. The first kappa shape index (κ1) is 17.3. The van der Waals surface area contributed by atoms with Gasteiger partial charge in [0.25, 0.3) is 5.91 Å². The lowest BCUT2D eigenvalue weighted by molar-refractivity contribution is -0.124. The normalized spacial score (nSPS) is 21.7. The molecule has 1 saturated heterocycles. The number of ether oxygens (including phenoxy) is 1. The Morgan fingerprint density at radius 3 is 3.05 bits per heavy atom. The van der Waals surface area contributed by atoms with Gasteiger partial charge in [-0.25, -0.2) is 0 Å². The number of benzene rings is 1. The van der Waals surface area contributed by atoms with Crippen molar-refractivity contribution in [1.29, 1.82) is 0 Å². The lowest BCUT2D eigenvalue weighted by Crippen LogP contribution is -2.49. The van der Waals surface area contributed by atoms with Crippen LogP contribution in [0.1, 0.15) is 13.3 Å². The average molecular weight is 364 g/mol. The second kappa shape index (κ2) is 8.49. The zero-order valence-corrected chi connectivity index (χ0v) is 13.8. The third-order valence-electron chi connectivity index (χ3n) is 3.30. The molecule has 2 unspecified atom stereocenters. The molecule has 0 aliphatic carbocycles. The van der Waals surface area contributed by atoms with Crippen LogP contribution in [0.4, 0.5) is 0 Å². The smallest absolute Gasteiger partial charge is 0.258 e. The first-order valence-electron chi connectivity index (χ1n) is 6.53. The van der Waals surface area contributed by atoms with Gasteiger partial charge in [-0.15, -0.1) is 12.4 Å². The molecule has 1 amide bonds. The zero-order valence-electron chi connectivity index (χ0n) is 11.4. The van der Waals surface area contributed by atoms with Crippen molar-refractivity contribution in [3.05, 3.63) is 28.7 Å². The molecule has 1 aromatic rings. The van der Waals surface area contributed by atoms with Gasteiger partial charge >= 0.3 is 0 Å². The summed E-state index contributed by atoms with van der Waals surface area (Å²) < 4.78 is 6.41. The third kappa shape index (κ3) is 5.31. The van der Waals surface area contributed by atoms with Gasteiger partial charge in [0.1, 0.15) is 5.75 Å². The topological polar surface area (TPSA) is 50.4 Å². The van der Waals surface area contributed by atoms with E-state index in [2.05, 4.69) is 33.5 Å². The Hall–Kier alpha value is -0.780. The van der Waals surface area contributed by atoms with Gasteiger partial charge in [0.05, 0.1) is 0 Å². The Balaban J connectivity index is 0.00000200. The summed E-state index contributed by atoms with van der Waals surface area (Å²) in [5, 5.41) is 6.35. The summed E-state index contributed by atoms with van der Waals surface area (Å²) in [5.41, 5.74) is 0. The number of carbonyl (C=O) groups is 1. The SMILES string of the molecule is CC1CNCCC1NC(=O)COc1cccc(Br)c1.Cl. The molecule has 6 heteroatoms. The van der Waals surface area contributed by atoms with E-state index >= 15 is 0 Å². The molecule has 4 nitrogen and oxygen atoms in total. The zero-order chi connectivity index (χ0) is 13.7. The molecule has 2 N–H and O–H groups in total. The number of nitrogens with one attached hydrogen (secondary N) is 2. The molecule has 1 aliphatic rings. The first-order valence-corrected chi connectivity index (χ1v) is 7.33. The molecule has 0 bridgehead atoms. The minimum Gasteiger partial charge on any atom is -0.484 e. The number of hydrogen-bond donors (Lipinski definition) is 2. The molecule has 0 saturated carbocycles. The predicted molar refractivity (Wildman–Crippen MR) is 85.5 cm³/mol. The van der Waals surface area contributed by atoms with E-state index in [4.69, 9.17) is 4.74 Å². The molecule has 1 aliphatic heterocycles. The van der Waals surface area contributed by atoms with Gasteiger partial charge in [-0.2, -0.15) is 0 Å². The molecule has 0 spiro atoms. The van der Waals surface area contributed by atoms with Crippen molar-refractivity contribution in [1.82, 2.24) is 10.6 Å². The molecule has 2 rings (SSSR count). The Morgan fingerprint density at radius 2 is 2.35 bits per heavy atom. The Bertz CT molecular complexity index is 445. The van der Waals surface area contributed by atoms with Crippen LogP contribution in [0, 0.1) is 5.92 Å². The van der Waals surface area contributed by atoms with Crippen LogP contribution in [-0.4, -0.2) is 31.6 Å². The van der Waals surface area contributed by atoms with Crippen LogP contribution in [0.2, 0.25) is 0 Å². The van der Waals surface area contributed by atoms with Crippen LogP contribution in [0.25, 0.3) is 0 Å². The summed E-state index contributed by atoms with van der Waals surface area (Å²) in [5.74, 6) is 1.10. The van der Waals surface area contributed by atoms with Gasteiger partial charge < -0.3 is 15.4 Å². The van der Waals surface area contributed by atoms with E-state index in [0.717, 1.165) is 24.0 Å². The van der Waals surface area contributed by atoms with Gasteiger partial charge in [-0.1, -0.05) is 28.9 Å². The minimum absolute atomic E-state index is 0.